The number of nitrogens with two attached hydrogens (primary N) is 1. The number of unbranched alkanes of at least 4 members (excludes halogenated alkanes) is 2. The van der Waals surface area contributed by atoms with Crippen LogP contribution in [-0.2, 0) is 6.42 Å². The van der Waals surface area contributed by atoms with Gasteiger partial charge in [0.1, 0.15) is 0 Å². The topological polar surface area (TPSA) is 68.2 Å². The molecule has 0 aliphatic heterocycles. The Morgan fingerprint density at radius 3 is 2.56 bits per heavy atom. The maximum Gasteiger partial charge on any atom is 0.266 e. The average molecular weight is 226 g/mol. The molecule has 0 bridgehead atoms. The van der Waals surface area contributed by atoms with Gasteiger partial charge in [-0.2, -0.15) is 4.98 Å². The zero-order chi connectivity index (χ0) is 11.8. The van der Waals surface area contributed by atoms with Crippen molar-refractivity contribution in [2.45, 2.75) is 39.5 Å². The summed E-state index contributed by atoms with van der Waals surface area (Å²) in [5.41, 5.74) is 5.43. The minimum absolute atomic E-state index is 0.707. The minimum Gasteiger partial charge on any atom is -0.339 e. The number of aryl methyl sites for hydroxylation is 1. The number of nitrogens with zero attached hydrogens (tertiary/aromatic N) is 3. The smallest absolute Gasteiger partial charge is 0.266 e. The summed E-state index contributed by atoms with van der Waals surface area (Å²) >= 11 is 0. The molecule has 2 N–H and O–H groups in total. The maximum absolute atomic E-state index is 5.43. The first kappa shape index (κ1) is 13.0. The fourth-order valence-corrected chi connectivity index (χ4v) is 1.58. The van der Waals surface area contributed by atoms with Crippen molar-refractivity contribution in [1.82, 2.24) is 10.1 Å². The second-order valence-corrected chi connectivity index (χ2v) is 3.76. The molecule has 92 valence electrons. The van der Waals surface area contributed by atoms with Crippen LogP contribution in [0, 0.1) is 0 Å². The largest absolute Gasteiger partial charge is 0.339 e. The lowest BCUT2D eigenvalue weighted by Gasteiger charge is -2.14. The standard InChI is InChI=1S/C11H22N4O/c1-3-15(4-2)11-13-10(16-14-11)8-6-5-7-9-12/h3-9,12H2,1-2H3. The summed E-state index contributed by atoms with van der Waals surface area (Å²) in [5.74, 6) is 1.44. The van der Waals surface area contributed by atoms with Gasteiger partial charge in [0.25, 0.3) is 5.95 Å². The van der Waals surface area contributed by atoms with E-state index in [9.17, 15) is 0 Å². The molecule has 0 radical (unpaired) electrons. The molecule has 16 heavy (non-hydrogen) atoms. The zero-order valence-electron chi connectivity index (χ0n) is 10.3. The van der Waals surface area contributed by atoms with Gasteiger partial charge in [-0.15, -0.1) is 0 Å². The molecule has 0 unspecified atom stereocenters. The van der Waals surface area contributed by atoms with Gasteiger partial charge in [0.2, 0.25) is 5.89 Å². The van der Waals surface area contributed by atoms with E-state index < -0.39 is 0 Å². The predicted octanol–water partition coefficient (Wildman–Crippen LogP) is 1.59. The van der Waals surface area contributed by atoms with E-state index in [-0.39, 0.29) is 0 Å². The van der Waals surface area contributed by atoms with E-state index in [0.29, 0.717) is 5.95 Å². The Morgan fingerprint density at radius 2 is 1.94 bits per heavy atom. The summed E-state index contributed by atoms with van der Waals surface area (Å²) in [7, 11) is 0. The van der Waals surface area contributed by atoms with Gasteiger partial charge >= 0.3 is 0 Å². The third-order valence-electron chi connectivity index (χ3n) is 2.60. The highest BCUT2D eigenvalue weighted by Crippen LogP contribution is 2.11. The molecule has 5 nitrogen and oxygen atoms in total. The van der Waals surface area contributed by atoms with Gasteiger partial charge in [0.05, 0.1) is 0 Å². The van der Waals surface area contributed by atoms with Gasteiger partial charge in [-0.25, -0.2) is 0 Å². The minimum atomic E-state index is 0.707. The number of hydrogen-bond donors (Lipinski definition) is 1. The molecule has 1 aromatic rings. The van der Waals surface area contributed by atoms with E-state index in [1.54, 1.807) is 0 Å². The number of hydrogen-bond acceptors (Lipinski definition) is 5. The van der Waals surface area contributed by atoms with Crippen molar-refractivity contribution >= 4 is 5.95 Å². The Hall–Kier alpha value is -1.10. The Kier molecular flexibility index (Phi) is 5.85. The molecule has 0 amide bonds. The number of anilines is 1. The summed E-state index contributed by atoms with van der Waals surface area (Å²) < 4.78 is 5.20. The second-order valence-electron chi connectivity index (χ2n) is 3.76. The normalized spacial score (nSPS) is 10.7. The van der Waals surface area contributed by atoms with Crippen LogP contribution >= 0.6 is 0 Å². The van der Waals surface area contributed by atoms with Gasteiger partial charge in [-0.05, 0) is 38.4 Å². The first-order valence-electron chi connectivity index (χ1n) is 6.09. The summed E-state index contributed by atoms with van der Waals surface area (Å²) in [6.45, 7) is 6.74. The fourth-order valence-electron chi connectivity index (χ4n) is 1.58. The Bertz CT molecular complexity index is 283. The van der Waals surface area contributed by atoms with E-state index in [4.69, 9.17) is 10.3 Å². The third kappa shape index (κ3) is 3.81. The molecule has 0 saturated carbocycles. The van der Waals surface area contributed by atoms with Crippen molar-refractivity contribution in [3.8, 4) is 0 Å². The van der Waals surface area contributed by atoms with Crippen LogP contribution in [0.15, 0.2) is 4.52 Å². The first-order chi connectivity index (χ1) is 7.81. The van der Waals surface area contributed by atoms with Gasteiger partial charge in [0.15, 0.2) is 0 Å². The second kappa shape index (κ2) is 7.22. The zero-order valence-corrected chi connectivity index (χ0v) is 10.3. The van der Waals surface area contributed by atoms with Gasteiger partial charge in [-0.3, -0.25) is 0 Å². The quantitative estimate of drug-likeness (QED) is 0.682. The van der Waals surface area contributed by atoms with Crippen LogP contribution in [0.1, 0.15) is 39.0 Å². The molecule has 1 rings (SSSR count). The molecule has 1 heterocycles. The van der Waals surface area contributed by atoms with Crippen molar-refractivity contribution in [2.24, 2.45) is 5.73 Å². The third-order valence-corrected chi connectivity index (χ3v) is 2.60. The van der Waals surface area contributed by atoms with Crippen LogP contribution in [0.4, 0.5) is 5.95 Å². The van der Waals surface area contributed by atoms with Crippen LogP contribution < -0.4 is 10.6 Å². The monoisotopic (exact) mass is 226 g/mol. The first-order valence-corrected chi connectivity index (χ1v) is 6.09. The van der Waals surface area contributed by atoms with Crippen LogP contribution in [0.2, 0.25) is 0 Å². The van der Waals surface area contributed by atoms with E-state index in [2.05, 4.69) is 28.9 Å². The van der Waals surface area contributed by atoms with Crippen molar-refractivity contribution in [3.63, 3.8) is 0 Å². The van der Waals surface area contributed by atoms with Crippen LogP contribution in [0.3, 0.4) is 0 Å². The lowest BCUT2D eigenvalue weighted by atomic mass is 10.2. The Balaban J connectivity index is 2.38. The van der Waals surface area contributed by atoms with Gasteiger partial charge in [0, 0.05) is 19.5 Å². The highest BCUT2D eigenvalue weighted by Gasteiger charge is 2.10. The van der Waals surface area contributed by atoms with Crippen molar-refractivity contribution in [3.05, 3.63) is 5.89 Å². The van der Waals surface area contributed by atoms with Crippen LogP contribution in [0.5, 0.6) is 0 Å². The molecule has 0 aliphatic carbocycles. The Morgan fingerprint density at radius 1 is 1.19 bits per heavy atom. The average Bonchev–Trinajstić information content (AvgIpc) is 2.75. The van der Waals surface area contributed by atoms with E-state index in [0.717, 1.165) is 51.2 Å². The van der Waals surface area contributed by atoms with Gasteiger partial charge in [-0.1, -0.05) is 6.42 Å². The highest BCUT2D eigenvalue weighted by molar-refractivity contribution is 5.26. The Labute approximate surface area is 97.0 Å². The molecule has 0 fully saturated rings. The molecular formula is C11H22N4O. The molecule has 0 atom stereocenters. The SMILES string of the molecule is CCN(CC)c1noc(CCCCCN)n1. The predicted molar refractivity (Wildman–Crippen MR) is 64.5 cm³/mol. The molecule has 5 heteroatoms. The summed E-state index contributed by atoms with van der Waals surface area (Å²) in [5, 5.41) is 3.97. The van der Waals surface area contributed by atoms with Crippen molar-refractivity contribution in [2.75, 3.05) is 24.5 Å². The summed E-state index contributed by atoms with van der Waals surface area (Å²) in [4.78, 5) is 6.44. The van der Waals surface area contributed by atoms with E-state index in [1.165, 1.54) is 0 Å². The van der Waals surface area contributed by atoms with E-state index in [1.807, 2.05) is 0 Å². The maximum atomic E-state index is 5.43. The highest BCUT2D eigenvalue weighted by atomic mass is 16.5. The van der Waals surface area contributed by atoms with Crippen LogP contribution in [-0.4, -0.2) is 29.8 Å². The van der Waals surface area contributed by atoms with Crippen molar-refractivity contribution in [1.29, 1.82) is 0 Å². The van der Waals surface area contributed by atoms with Gasteiger partial charge < -0.3 is 15.2 Å². The van der Waals surface area contributed by atoms with Crippen LogP contribution in [0.25, 0.3) is 0 Å². The molecule has 1 aromatic heterocycles. The number of rotatable bonds is 8. The molecule has 0 saturated heterocycles. The van der Waals surface area contributed by atoms with Crippen molar-refractivity contribution < 1.29 is 4.52 Å². The lowest BCUT2D eigenvalue weighted by molar-refractivity contribution is 0.373. The number of aromatic nitrogens is 2. The summed E-state index contributed by atoms with van der Waals surface area (Å²) in [6, 6.07) is 0. The molecule has 0 aliphatic rings. The molecule has 0 spiro atoms. The lowest BCUT2D eigenvalue weighted by Crippen LogP contribution is -2.22. The van der Waals surface area contributed by atoms with E-state index >= 15 is 0 Å². The summed E-state index contributed by atoms with van der Waals surface area (Å²) in [6.07, 6.45) is 4.11. The fraction of sp³-hybridized carbons (Fsp3) is 0.818. The molecular weight excluding hydrogens is 204 g/mol. The molecule has 0 aromatic carbocycles.